The Labute approximate surface area is 134 Å². The van der Waals surface area contributed by atoms with Gasteiger partial charge in [-0.3, -0.25) is 4.79 Å². The van der Waals surface area contributed by atoms with E-state index in [1.165, 1.54) is 0 Å². The van der Waals surface area contributed by atoms with Crippen molar-refractivity contribution < 1.29 is 4.79 Å². The quantitative estimate of drug-likeness (QED) is 0.817. The maximum Gasteiger partial charge on any atom is 0.164 e. The molecule has 1 aromatic carbocycles. The summed E-state index contributed by atoms with van der Waals surface area (Å²) in [6, 6.07) is 10.2. The second-order valence-electron chi connectivity index (χ2n) is 8.06. The number of Topliss-reactive ketones (excluding diaryl/α,β-unsaturated/α-hetero) is 1. The van der Waals surface area contributed by atoms with Crippen LogP contribution in [0, 0.1) is 0 Å². The van der Waals surface area contributed by atoms with Gasteiger partial charge in [0, 0.05) is 35.1 Å². The van der Waals surface area contributed by atoms with E-state index in [1.807, 2.05) is 30.3 Å². The van der Waals surface area contributed by atoms with Crippen molar-refractivity contribution in [1.82, 2.24) is 10.6 Å². The van der Waals surface area contributed by atoms with Crippen LogP contribution in [0.2, 0.25) is 0 Å². The number of rotatable bonds is 5. The molecule has 0 aliphatic carbocycles. The van der Waals surface area contributed by atoms with Gasteiger partial charge in [0.25, 0.3) is 0 Å². The predicted octanol–water partition coefficient (Wildman–Crippen LogP) is 3.55. The zero-order valence-electron chi connectivity index (χ0n) is 14.6. The molecule has 2 N–H and O–H groups in total. The van der Waals surface area contributed by atoms with Crippen LogP contribution in [0.25, 0.3) is 0 Å². The first-order valence-electron chi connectivity index (χ1n) is 8.30. The third kappa shape index (κ3) is 4.92. The largest absolute Gasteiger partial charge is 0.311 e. The predicted molar refractivity (Wildman–Crippen MR) is 92.3 cm³/mol. The lowest BCUT2D eigenvalue weighted by Crippen LogP contribution is -2.62. The number of hydrogen-bond acceptors (Lipinski definition) is 3. The number of nitrogens with one attached hydrogen (secondary N) is 2. The SMILES string of the molecule is CC(CC(=O)c1ccccc1)NC1CC(C)(C)NC(C)(C)C1. The van der Waals surface area contributed by atoms with Crippen molar-refractivity contribution in [2.75, 3.05) is 0 Å². The minimum Gasteiger partial charge on any atom is -0.311 e. The Bertz CT molecular complexity index is 491. The lowest BCUT2D eigenvalue weighted by Gasteiger charge is -2.47. The van der Waals surface area contributed by atoms with Crippen LogP contribution >= 0.6 is 0 Å². The maximum absolute atomic E-state index is 12.3. The molecule has 3 heteroatoms. The van der Waals surface area contributed by atoms with Crippen molar-refractivity contribution in [2.24, 2.45) is 0 Å². The molecule has 1 atom stereocenters. The highest BCUT2D eigenvalue weighted by molar-refractivity contribution is 5.96. The summed E-state index contributed by atoms with van der Waals surface area (Å²) in [5.74, 6) is 0.216. The van der Waals surface area contributed by atoms with Gasteiger partial charge >= 0.3 is 0 Å². The Morgan fingerprint density at radius 3 is 2.27 bits per heavy atom. The third-order valence-corrected chi connectivity index (χ3v) is 4.30. The summed E-state index contributed by atoms with van der Waals surface area (Å²) in [5, 5.41) is 7.36. The monoisotopic (exact) mass is 302 g/mol. The molecule has 0 radical (unpaired) electrons. The van der Waals surface area contributed by atoms with Gasteiger partial charge in [0.15, 0.2) is 5.78 Å². The molecule has 1 fully saturated rings. The fourth-order valence-electron chi connectivity index (χ4n) is 3.92. The lowest BCUT2D eigenvalue weighted by atomic mass is 9.79. The van der Waals surface area contributed by atoms with Crippen molar-refractivity contribution in [2.45, 2.75) is 77.0 Å². The summed E-state index contributed by atoms with van der Waals surface area (Å²) < 4.78 is 0. The molecule has 1 saturated heterocycles. The van der Waals surface area contributed by atoms with E-state index in [-0.39, 0.29) is 22.9 Å². The molecular weight excluding hydrogens is 272 g/mol. The van der Waals surface area contributed by atoms with E-state index in [9.17, 15) is 4.79 Å². The smallest absolute Gasteiger partial charge is 0.164 e. The fraction of sp³-hybridized carbons (Fsp3) is 0.632. The minimum absolute atomic E-state index is 0.128. The Balaban J connectivity index is 1.91. The molecule has 0 saturated carbocycles. The van der Waals surface area contributed by atoms with Gasteiger partial charge in [-0.05, 0) is 47.5 Å². The standard InChI is InChI=1S/C19H30N2O/c1-14(11-17(22)15-9-7-6-8-10-15)20-16-12-18(2,3)21-19(4,5)13-16/h6-10,14,16,20-21H,11-13H2,1-5H3. The maximum atomic E-state index is 12.3. The molecule has 2 rings (SSSR count). The highest BCUT2D eigenvalue weighted by atomic mass is 16.1. The zero-order valence-corrected chi connectivity index (χ0v) is 14.6. The number of benzene rings is 1. The van der Waals surface area contributed by atoms with E-state index in [2.05, 4.69) is 45.3 Å². The van der Waals surface area contributed by atoms with E-state index >= 15 is 0 Å². The summed E-state index contributed by atoms with van der Waals surface area (Å²) in [4.78, 5) is 12.3. The Hall–Kier alpha value is -1.19. The van der Waals surface area contributed by atoms with Crippen LogP contribution in [0.1, 0.15) is 64.2 Å². The molecule has 0 aromatic heterocycles. The van der Waals surface area contributed by atoms with Gasteiger partial charge in [-0.2, -0.15) is 0 Å². The number of carbonyl (C=O) groups is 1. The topological polar surface area (TPSA) is 41.1 Å². The Kier molecular flexibility index (Phi) is 5.08. The summed E-state index contributed by atoms with van der Waals surface area (Å²) in [6.07, 6.45) is 2.72. The van der Waals surface area contributed by atoms with Crippen LogP contribution in [0.3, 0.4) is 0 Å². The van der Waals surface area contributed by atoms with Gasteiger partial charge in [0.05, 0.1) is 0 Å². The van der Waals surface area contributed by atoms with Gasteiger partial charge in [-0.15, -0.1) is 0 Å². The van der Waals surface area contributed by atoms with Crippen molar-refractivity contribution in [3.05, 3.63) is 35.9 Å². The van der Waals surface area contributed by atoms with Crippen LogP contribution in [0.5, 0.6) is 0 Å². The number of piperidine rings is 1. The molecule has 122 valence electrons. The molecule has 0 bridgehead atoms. The lowest BCUT2D eigenvalue weighted by molar-refractivity contribution is 0.0959. The van der Waals surface area contributed by atoms with Crippen molar-refractivity contribution >= 4 is 5.78 Å². The van der Waals surface area contributed by atoms with E-state index in [1.54, 1.807) is 0 Å². The molecule has 0 spiro atoms. The highest BCUT2D eigenvalue weighted by Crippen LogP contribution is 2.28. The highest BCUT2D eigenvalue weighted by Gasteiger charge is 2.37. The van der Waals surface area contributed by atoms with Crippen LogP contribution in [0.15, 0.2) is 30.3 Å². The fourth-order valence-corrected chi connectivity index (χ4v) is 3.92. The molecule has 1 aromatic rings. The number of hydrogen-bond donors (Lipinski definition) is 2. The molecular formula is C19H30N2O. The van der Waals surface area contributed by atoms with Gasteiger partial charge in [-0.1, -0.05) is 30.3 Å². The first kappa shape index (κ1) is 17.2. The van der Waals surface area contributed by atoms with Crippen LogP contribution in [0.4, 0.5) is 0 Å². The second kappa shape index (κ2) is 6.51. The van der Waals surface area contributed by atoms with E-state index < -0.39 is 0 Å². The molecule has 1 unspecified atom stereocenters. The molecule has 1 aliphatic heterocycles. The van der Waals surface area contributed by atoms with Crippen molar-refractivity contribution in [3.8, 4) is 0 Å². The van der Waals surface area contributed by atoms with Gasteiger partial charge in [0.2, 0.25) is 0 Å². The van der Waals surface area contributed by atoms with Crippen molar-refractivity contribution in [1.29, 1.82) is 0 Å². The Morgan fingerprint density at radius 2 is 1.73 bits per heavy atom. The van der Waals surface area contributed by atoms with Gasteiger partial charge < -0.3 is 10.6 Å². The Morgan fingerprint density at radius 1 is 1.18 bits per heavy atom. The van der Waals surface area contributed by atoms with Crippen molar-refractivity contribution in [3.63, 3.8) is 0 Å². The summed E-state index contributed by atoms with van der Waals surface area (Å²) in [6.45, 7) is 11.1. The third-order valence-electron chi connectivity index (χ3n) is 4.30. The van der Waals surface area contributed by atoms with Crippen LogP contribution in [-0.2, 0) is 0 Å². The number of carbonyl (C=O) groups excluding carboxylic acids is 1. The van der Waals surface area contributed by atoms with Crippen LogP contribution < -0.4 is 10.6 Å². The molecule has 1 heterocycles. The minimum atomic E-state index is 0.128. The summed E-state index contributed by atoms with van der Waals surface area (Å²) in [7, 11) is 0. The average molecular weight is 302 g/mol. The molecule has 1 aliphatic rings. The van der Waals surface area contributed by atoms with E-state index in [4.69, 9.17) is 0 Å². The zero-order chi connectivity index (χ0) is 16.4. The summed E-state index contributed by atoms with van der Waals surface area (Å²) in [5.41, 5.74) is 1.06. The first-order chi connectivity index (χ1) is 10.2. The van der Waals surface area contributed by atoms with Crippen LogP contribution in [-0.4, -0.2) is 28.9 Å². The number of ketones is 1. The molecule has 3 nitrogen and oxygen atoms in total. The van der Waals surface area contributed by atoms with Gasteiger partial charge in [0.1, 0.15) is 0 Å². The molecule has 0 amide bonds. The van der Waals surface area contributed by atoms with E-state index in [0.717, 1.165) is 18.4 Å². The molecule has 22 heavy (non-hydrogen) atoms. The van der Waals surface area contributed by atoms with E-state index in [0.29, 0.717) is 12.5 Å². The average Bonchev–Trinajstić information content (AvgIpc) is 2.35. The summed E-state index contributed by atoms with van der Waals surface area (Å²) >= 11 is 0. The first-order valence-corrected chi connectivity index (χ1v) is 8.30. The van der Waals surface area contributed by atoms with Gasteiger partial charge in [-0.25, -0.2) is 0 Å². The normalized spacial score (nSPS) is 22.2. The second-order valence-corrected chi connectivity index (χ2v) is 8.06.